The number of esters is 1. The van der Waals surface area contributed by atoms with Gasteiger partial charge in [-0.2, -0.15) is 4.57 Å². The molecule has 0 aliphatic carbocycles. The molecule has 3 nitrogen and oxygen atoms in total. The van der Waals surface area contributed by atoms with Gasteiger partial charge in [0.15, 0.2) is 5.69 Å². The fourth-order valence-corrected chi connectivity index (χ4v) is 2.39. The van der Waals surface area contributed by atoms with Crippen LogP contribution in [0.5, 0.6) is 0 Å². The molecule has 0 aliphatic rings. The highest BCUT2D eigenvalue weighted by Gasteiger charge is 2.17. The average molecular weight is 262 g/mol. The summed E-state index contributed by atoms with van der Waals surface area (Å²) in [6.45, 7) is 4.67. The first-order valence-corrected chi connectivity index (χ1v) is 6.68. The quantitative estimate of drug-likeness (QED) is 0.625. The van der Waals surface area contributed by atoms with Gasteiger partial charge in [0, 0.05) is 6.92 Å². The maximum atomic E-state index is 11.7. The molecule has 0 radical (unpaired) electrons. The molecule has 0 N–H and O–H groups in total. The van der Waals surface area contributed by atoms with E-state index in [2.05, 4.69) is 0 Å². The zero-order valence-corrected chi connectivity index (χ0v) is 11.4. The van der Waals surface area contributed by atoms with Gasteiger partial charge in [0.2, 0.25) is 12.1 Å². The maximum Gasteiger partial charge on any atom is 0.373 e. The van der Waals surface area contributed by atoms with Crippen LogP contribution >= 0.6 is 11.3 Å². The Bertz CT molecular complexity index is 534. The third-order valence-electron chi connectivity index (χ3n) is 2.84. The Balaban J connectivity index is 1.88. The number of rotatable bonds is 4. The summed E-state index contributed by atoms with van der Waals surface area (Å²) in [6.07, 6.45) is 0. The molecule has 18 heavy (non-hydrogen) atoms. The topological polar surface area (TPSA) is 30.2 Å². The van der Waals surface area contributed by atoms with Crippen LogP contribution in [0.4, 0.5) is 0 Å². The number of carbonyl (C=O) groups excluding carboxylic acids is 1. The molecule has 1 heterocycles. The van der Waals surface area contributed by atoms with Crippen molar-refractivity contribution in [3.05, 3.63) is 52.0 Å². The number of ether oxygens (including phenoxy) is 1. The summed E-state index contributed by atoms with van der Waals surface area (Å²) in [4.78, 5) is 12.9. The van der Waals surface area contributed by atoms with Gasteiger partial charge in [0.05, 0.1) is 4.88 Å². The minimum atomic E-state index is -0.204. The van der Waals surface area contributed by atoms with Gasteiger partial charge in [-0.05, 0) is 12.5 Å². The Morgan fingerprint density at radius 2 is 2.00 bits per heavy atom. The summed E-state index contributed by atoms with van der Waals surface area (Å²) in [5, 5.41) is 0. The molecule has 0 amide bonds. The largest absolute Gasteiger partial charge is 0.456 e. The number of benzene rings is 1. The molecule has 0 saturated carbocycles. The highest BCUT2D eigenvalue weighted by Crippen LogP contribution is 2.08. The highest BCUT2D eigenvalue weighted by molar-refractivity contribution is 7.09. The lowest BCUT2D eigenvalue weighted by molar-refractivity contribution is -0.687. The monoisotopic (exact) mass is 262 g/mol. The predicted octanol–water partition coefficient (Wildman–Crippen LogP) is 2.40. The van der Waals surface area contributed by atoms with Gasteiger partial charge in [-0.3, -0.25) is 0 Å². The van der Waals surface area contributed by atoms with Crippen molar-refractivity contribution >= 4 is 17.3 Å². The van der Waals surface area contributed by atoms with Gasteiger partial charge in [-0.15, -0.1) is 0 Å². The van der Waals surface area contributed by atoms with Crippen molar-refractivity contribution in [3.63, 3.8) is 0 Å². The molecule has 1 aromatic heterocycles. The fourth-order valence-electron chi connectivity index (χ4n) is 1.59. The first-order chi connectivity index (χ1) is 8.66. The average Bonchev–Trinajstić information content (AvgIpc) is 2.70. The van der Waals surface area contributed by atoms with Crippen molar-refractivity contribution in [1.29, 1.82) is 0 Å². The first kappa shape index (κ1) is 12.8. The van der Waals surface area contributed by atoms with Crippen LogP contribution in [0.3, 0.4) is 0 Å². The van der Waals surface area contributed by atoms with E-state index in [9.17, 15) is 4.79 Å². The molecule has 0 saturated heterocycles. The van der Waals surface area contributed by atoms with Crippen molar-refractivity contribution < 1.29 is 14.1 Å². The summed E-state index contributed by atoms with van der Waals surface area (Å²) in [6, 6.07) is 9.70. The van der Waals surface area contributed by atoms with Crippen LogP contribution < -0.4 is 4.57 Å². The van der Waals surface area contributed by atoms with E-state index in [1.54, 1.807) is 11.3 Å². The first-order valence-electron chi connectivity index (χ1n) is 5.80. The molecule has 0 atom stereocenters. The second-order valence-electron chi connectivity index (χ2n) is 4.14. The van der Waals surface area contributed by atoms with E-state index >= 15 is 0 Å². The van der Waals surface area contributed by atoms with Crippen molar-refractivity contribution in [2.45, 2.75) is 27.0 Å². The molecule has 94 valence electrons. The molecule has 2 rings (SSSR count). The lowest BCUT2D eigenvalue weighted by atomic mass is 10.2. The SMILES string of the molecule is Cc1sc[n+](CC(=O)OCc2ccccc2)c1C. The molecule has 0 aliphatic heterocycles. The standard InChI is InChI=1S/C14H16NO2S/c1-11-12(2)18-10-15(11)8-14(16)17-9-13-6-4-3-5-7-13/h3-7,10H,8-9H2,1-2H3/q+1. The highest BCUT2D eigenvalue weighted by atomic mass is 32.1. The molecule has 0 fully saturated rings. The Kier molecular flexibility index (Phi) is 4.10. The van der Waals surface area contributed by atoms with Crippen LogP contribution in [0, 0.1) is 13.8 Å². The number of hydrogen-bond acceptors (Lipinski definition) is 3. The summed E-state index contributed by atoms with van der Waals surface area (Å²) in [5.41, 5.74) is 4.08. The van der Waals surface area contributed by atoms with E-state index in [1.807, 2.05) is 54.3 Å². The van der Waals surface area contributed by atoms with Crippen molar-refractivity contribution in [2.75, 3.05) is 0 Å². The van der Waals surface area contributed by atoms with Crippen LogP contribution in [0.2, 0.25) is 0 Å². The molecule has 4 heteroatoms. The fraction of sp³-hybridized carbons (Fsp3) is 0.286. The normalized spacial score (nSPS) is 10.3. The molecular formula is C14H16NO2S+. The summed E-state index contributed by atoms with van der Waals surface area (Å²) < 4.78 is 7.17. The lowest BCUT2D eigenvalue weighted by Gasteiger charge is -2.02. The molecular weight excluding hydrogens is 246 g/mol. The maximum absolute atomic E-state index is 11.7. The number of nitrogens with zero attached hydrogens (tertiary/aromatic N) is 1. The van der Waals surface area contributed by atoms with E-state index in [0.29, 0.717) is 6.61 Å². The van der Waals surface area contributed by atoms with E-state index in [1.165, 1.54) is 4.88 Å². The van der Waals surface area contributed by atoms with Gasteiger partial charge in [0.25, 0.3) is 0 Å². The Morgan fingerprint density at radius 1 is 1.28 bits per heavy atom. The summed E-state index contributed by atoms with van der Waals surface area (Å²) >= 11 is 1.64. The Labute approximate surface area is 111 Å². The van der Waals surface area contributed by atoms with Crippen molar-refractivity contribution in [3.8, 4) is 0 Å². The van der Waals surface area contributed by atoms with Crippen LogP contribution in [0.1, 0.15) is 16.1 Å². The van der Waals surface area contributed by atoms with Crippen LogP contribution in [0.25, 0.3) is 0 Å². The van der Waals surface area contributed by atoms with Gasteiger partial charge < -0.3 is 4.74 Å². The second-order valence-corrected chi connectivity index (χ2v) is 5.20. The van der Waals surface area contributed by atoms with E-state index in [0.717, 1.165) is 11.3 Å². The van der Waals surface area contributed by atoms with Crippen molar-refractivity contribution in [2.24, 2.45) is 0 Å². The molecule has 2 aromatic rings. The summed E-state index contributed by atoms with van der Waals surface area (Å²) in [7, 11) is 0. The number of aryl methyl sites for hydroxylation is 1. The smallest absolute Gasteiger partial charge is 0.373 e. The van der Waals surface area contributed by atoms with Gasteiger partial charge >= 0.3 is 5.97 Å². The van der Waals surface area contributed by atoms with Crippen LogP contribution in [-0.4, -0.2) is 5.97 Å². The van der Waals surface area contributed by atoms with Crippen molar-refractivity contribution in [1.82, 2.24) is 0 Å². The van der Waals surface area contributed by atoms with E-state index < -0.39 is 0 Å². The molecule has 0 bridgehead atoms. The Morgan fingerprint density at radius 3 is 2.61 bits per heavy atom. The van der Waals surface area contributed by atoms with Crippen LogP contribution in [0.15, 0.2) is 35.8 Å². The Hall–Kier alpha value is -1.68. The van der Waals surface area contributed by atoms with Crippen LogP contribution in [-0.2, 0) is 22.7 Å². The number of hydrogen-bond donors (Lipinski definition) is 0. The zero-order chi connectivity index (χ0) is 13.0. The van der Waals surface area contributed by atoms with E-state index in [-0.39, 0.29) is 12.5 Å². The minimum Gasteiger partial charge on any atom is -0.456 e. The predicted molar refractivity (Wildman–Crippen MR) is 70.2 cm³/mol. The third kappa shape index (κ3) is 3.17. The summed E-state index contributed by atoms with van der Waals surface area (Å²) in [5.74, 6) is -0.204. The van der Waals surface area contributed by atoms with Gasteiger partial charge in [-0.25, -0.2) is 4.79 Å². The third-order valence-corrected chi connectivity index (χ3v) is 3.85. The molecule has 0 unspecified atom stereocenters. The lowest BCUT2D eigenvalue weighted by Crippen LogP contribution is -2.39. The number of thiazole rings is 1. The van der Waals surface area contributed by atoms with Gasteiger partial charge in [-0.1, -0.05) is 41.7 Å². The van der Waals surface area contributed by atoms with E-state index in [4.69, 9.17) is 4.74 Å². The zero-order valence-electron chi connectivity index (χ0n) is 10.6. The second kappa shape index (κ2) is 5.78. The molecule has 0 spiro atoms. The molecule has 1 aromatic carbocycles. The number of carbonyl (C=O) groups is 1. The minimum absolute atomic E-state index is 0.204. The number of aromatic nitrogens is 1. The van der Waals surface area contributed by atoms with Gasteiger partial charge in [0.1, 0.15) is 6.61 Å².